The second-order valence-corrected chi connectivity index (χ2v) is 7.29. The minimum Gasteiger partial charge on any atom is -0.478 e. The summed E-state index contributed by atoms with van der Waals surface area (Å²) in [4.78, 5) is 19.1. The summed E-state index contributed by atoms with van der Waals surface area (Å²) in [5.41, 5.74) is 1.76. The molecule has 0 radical (unpaired) electrons. The summed E-state index contributed by atoms with van der Waals surface area (Å²) in [7, 11) is 3.87. The summed E-state index contributed by atoms with van der Waals surface area (Å²) in [6.45, 7) is 0.865. The van der Waals surface area contributed by atoms with Crippen molar-refractivity contribution in [1.29, 1.82) is 0 Å². The molecule has 0 aromatic heterocycles. The van der Waals surface area contributed by atoms with Gasteiger partial charge in [-0.05, 0) is 56.8 Å². The van der Waals surface area contributed by atoms with Gasteiger partial charge in [0.15, 0.2) is 0 Å². The second kappa shape index (κ2) is 12.5. The molecule has 28 heavy (non-hydrogen) atoms. The lowest BCUT2D eigenvalue weighted by Gasteiger charge is -2.48. The smallest absolute Gasteiger partial charge is 0.328 e. The first-order valence-electron chi connectivity index (χ1n) is 9.42. The Bertz CT molecular complexity index is 625. The van der Waals surface area contributed by atoms with Gasteiger partial charge < -0.3 is 20.3 Å². The first-order chi connectivity index (χ1) is 13.4. The standard InChI is InChI=1S/C17H26ClNO.C4H4O4/c1-19-16(6-3-4-13-20-2)17(11-5-12-17)14-7-9-15(18)10-8-14;5-3(6)1-2-4(7)8/h7-10,16,19H,3-6,11-13H2,1-2H3;1-2H,(H,5,6)(H,7,8). The number of hydrogen-bond donors (Lipinski definition) is 3. The molecule has 1 aromatic rings. The number of nitrogens with one attached hydrogen (secondary N) is 1. The fourth-order valence-corrected chi connectivity index (χ4v) is 3.74. The Hall–Kier alpha value is -1.89. The monoisotopic (exact) mass is 411 g/mol. The van der Waals surface area contributed by atoms with Crippen LogP contribution in [0.3, 0.4) is 0 Å². The number of carboxylic acid groups (broad SMARTS) is 2. The van der Waals surface area contributed by atoms with E-state index in [4.69, 9.17) is 26.6 Å². The van der Waals surface area contributed by atoms with Crippen molar-refractivity contribution in [1.82, 2.24) is 5.32 Å². The minimum absolute atomic E-state index is 0.312. The number of ether oxygens (including phenoxy) is 1. The Morgan fingerprint density at radius 2 is 1.75 bits per heavy atom. The van der Waals surface area contributed by atoms with Crippen molar-refractivity contribution < 1.29 is 24.5 Å². The predicted octanol–water partition coefficient (Wildman–Crippen LogP) is 3.88. The minimum atomic E-state index is -1.26. The Labute approximate surface area is 171 Å². The van der Waals surface area contributed by atoms with E-state index in [0.29, 0.717) is 23.6 Å². The number of aliphatic carboxylic acids is 2. The maximum absolute atomic E-state index is 9.55. The number of carboxylic acids is 2. The van der Waals surface area contributed by atoms with Gasteiger partial charge in [-0.15, -0.1) is 0 Å². The van der Waals surface area contributed by atoms with Gasteiger partial charge in [-0.1, -0.05) is 30.2 Å². The molecular formula is C21H30ClNO5. The molecule has 1 fully saturated rings. The topological polar surface area (TPSA) is 95.9 Å². The lowest BCUT2D eigenvalue weighted by molar-refractivity contribution is -0.134. The maximum atomic E-state index is 9.55. The first-order valence-corrected chi connectivity index (χ1v) is 9.79. The SMILES string of the molecule is CNC(CCCCOC)C1(c2ccc(Cl)cc2)CCC1.O=C(O)C=CC(=O)O. The van der Waals surface area contributed by atoms with Gasteiger partial charge in [0, 0.05) is 42.3 Å². The quantitative estimate of drug-likeness (QED) is 0.399. The molecule has 1 aliphatic carbocycles. The Kier molecular flexibility index (Phi) is 10.8. The molecule has 0 saturated heterocycles. The van der Waals surface area contributed by atoms with Crippen molar-refractivity contribution in [3.63, 3.8) is 0 Å². The first kappa shape index (κ1) is 24.1. The highest BCUT2D eigenvalue weighted by Crippen LogP contribution is 2.47. The zero-order valence-electron chi connectivity index (χ0n) is 16.5. The highest BCUT2D eigenvalue weighted by atomic mass is 35.5. The third kappa shape index (κ3) is 7.62. The van der Waals surface area contributed by atoms with E-state index in [0.717, 1.165) is 18.1 Å². The van der Waals surface area contributed by atoms with Crippen LogP contribution in [-0.4, -0.2) is 49.0 Å². The van der Waals surface area contributed by atoms with E-state index in [2.05, 4.69) is 24.5 Å². The maximum Gasteiger partial charge on any atom is 0.328 e. The molecule has 0 spiro atoms. The molecule has 0 heterocycles. The van der Waals surface area contributed by atoms with Crippen molar-refractivity contribution in [2.75, 3.05) is 20.8 Å². The summed E-state index contributed by atoms with van der Waals surface area (Å²) >= 11 is 6.03. The number of halogens is 1. The number of benzene rings is 1. The number of carbonyl (C=O) groups is 2. The van der Waals surface area contributed by atoms with Gasteiger partial charge in [0.05, 0.1) is 0 Å². The number of unbranched alkanes of at least 4 members (excludes halogenated alkanes) is 1. The molecular weight excluding hydrogens is 382 g/mol. The van der Waals surface area contributed by atoms with E-state index in [-0.39, 0.29) is 0 Å². The van der Waals surface area contributed by atoms with Gasteiger partial charge in [-0.25, -0.2) is 9.59 Å². The van der Waals surface area contributed by atoms with Crippen molar-refractivity contribution in [2.45, 2.75) is 50.0 Å². The molecule has 3 N–H and O–H groups in total. The molecule has 156 valence electrons. The zero-order valence-corrected chi connectivity index (χ0v) is 17.2. The summed E-state index contributed by atoms with van der Waals surface area (Å²) in [6, 6.07) is 9.01. The Morgan fingerprint density at radius 3 is 2.14 bits per heavy atom. The van der Waals surface area contributed by atoms with E-state index in [1.165, 1.54) is 37.7 Å². The van der Waals surface area contributed by atoms with Crippen LogP contribution in [0.5, 0.6) is 0 Å². The van der Waals surface area contributed by atoms with E-state index >= 15 is 0 Å². The van der Waals surface area contributed by atoms with E-state index < -0.39 is 11.9 Å². The van der Waals surface area contributed by atoms with Crippen LogP contribution < -0.4 is 5.32 Å². The molecule has 6 nitrogen and oxygen atoms in total. The molecule has 0 bridgehead atoms. The van der Waals surface area contributed by atoms with E-state index in [9.17, 15) is 9.59 Å². The van der Waals surface area contributed by atoms with Crippen LogP contribution in [0.15, 0.2) is 36.4 Å². The van der Waals surface area contributed by atoms with Gasteiger partial charge in [0.25, 0.3) is 0 Å². The number of likely N-dealkylation sites (N-methyl/N-ethyl adjacent to an activating group) is 1. The highest BCUT2D eigenvalue weighted by Gasteiger charge is 2.44. The predicted molar refractivity (Wildman–Crippen MR) is 110 cm³/mol. The molecule has 1 aromatic carbocycles. The summed E-state index contributed by atoms with van der Waals surface area (Å²) < 4.78 is 5.15. The number of rotatable bonds is 10. The van der Waals surface area contributed by atoms with Gasteiger partial charge in [0.2, 0.25) is 0 Å². The third-order valence-corrected chi connectivity index (χ3v) is 5.39. The third-order valence-electron chi connectivity index (χ3n) is 5.14. The second-order valence-electron chi connectivity index (χ2n) is 6.86. The van der Waals surface area contributed by atoms with Crippen LogP contribution in [0.2, 0.25) is 5.02 Å². The number of hydrogen-bond acceptors (Lipinski definition) is 4. The van der Waals surface area contributed by atoms with Crippen LogP contribution in [0, 0.1) is 0 Å². The Morgan fingerprint density at radius 1 is 1.18 bits per heavy atom. The molecule has 0 amide bonds. The van der Waals surface area contributed by atoms with Crippen LogP contribution in [0.25, 0.3) is 0 Å². The van der Waals surface area contributed by atoms with Gasteiger partial charge in [-0.3, -0.25) is 0 Å². The van der Waals surface area contributed by atoms with E-state index in [1.807, 2.05) is 12.1 Å². The molecule has 1 atom stereocenters. The van der Waals surface area contributed by atoms with Crippen molar-refractivity contribution >= 4 is 23.5 Å². The fraction of sp³-hybridized carbons (Fsp3) is 0.524. The average Bonchev–Trinajstić information content (AvgIpc) is 2.63. The van der Waals surface area contributed by atoms with Crippen LogP contribution in [0.1, 0.15) is 44.1 Å². The van der Waals surface area contributed by atoms with Crippen molar-refractivity contribution in [3.8, 4) is 0 Å². The van der Waals surface area contributed by atoms with E-state index in [1.54, 1.807) is 7.11 Å². The van der Waals surface area contributed by atoms with Gasteiger partial charge in [0.1, 0.15) is 0 Å². The molecule has 1 aliphatic rings. The molecule has 1 saturated carbocycles. The average molecular weight is 412 g/mol. The van der Waals surface area contributed by atoms with Crippen LogP contribution in [0.4, 0.5) is 0 Å². The highest BCUT2D eigenvalue weighted by molar-refractivity contribution is 6.30. The Balaban J connectivity index is 0.000000416. The summed E-state index contributed by atoms with van der Waals surface area (Å²) in [5.74, 6) is -2.51. The van der Waals surface area contributed by atoms with Crippen LogP contribution >= 0.6 is 11.6 Å². The normalized spacial score (nSPS) is 16.0. The largest absolute Gasteiger partial charge is 0.478 e. The lowest BCUT2D eigenvalue weighted by Crippen LogP contribution is -2.51. The van der Waals surface area contributed by atoms with Crippen molar-refractivity contribution in [2.24, 2.45) is 0 Å². The van der Waals surface area contributed by atoms with Gasteiger partial charge in [-0.2, -0.15) is 0 Å². The molecule has 2 rings (SSSR count). The fourth-order valence-electron chi connectivity index (χ4n) is 3.61. The zero-order chi connectivity index (χ0) is 21.0. The molecule has 0 aliphatic heterocycles. The number of methoxy groups -OCH3 is 1. The van der Waals surface area contributed by atoms with Crippen LogP contribution in [-0.2, 0) is 19.7 Å². The molecule has 7 heteroatoms. The summed E-state index contributed by atoms with van der Waals surface area (Å²) in [6.07, 6.45) is 8.58. The van der Waals surface area contributed by atoms with Gasteiger partial charge >= 0.3 is 11.9 Å². The van der Waals surface area contributed by atoms with Crippen molar-refractivity contribution in [3.05, 3.63) is 47.0 Å². The summed E-state index contributed by atoms with van der Waals surface area (Å²) in [5, 5.41) is 20.0. The molecule has 1 unspecified atom stereocenters. The lowest BCUT2D eigenvalue weighted by atomic mass is 9.59.